The molecule has 2 N–H and O–H groups in total. The number of aliphatic hydroxyl groups is 1. The van der Waals surface area contributed by atoms with E-state index in [1.165, 1.54) is 0 Å². The van der Waals surface area contributed by atoms with Crippen molar-refractivity contribution in [3.8, 4) is 0 Å². The molecule has 0 aliphatic heterocycles. The van der Waals surface area contributed by atoms with Crippen molar-refractivity contribution in [1.82, 2.24) is 5.32 Å². The van der Waals surface area contributed by atoms with Crippen molar-refractivity contribution in [2.45, 2.75) is 19.6 Å². The van der Waals surface area contributed by atoms with Crippen LogP contribution >= 0.6 is 0 Å². The molecule has 0 spiro atoms. The highest BCUT2D eigenvalue weighted by atomic mass is 16.5. The molecule has 0 aliphatic carbocycles. The fourth-order valence-corrected chi connectivity index (χ4v) is 0.472. The average Bonchev–Trinajstić information content (AvgIpc) is 1.89. The highest BCUT2D eigenvalue weighted by Crippen LogP contribution is 1.81. The smallest absolute Gasteiger partial charge is 0.104 e. The quantitative estimate of drug-likeness (QED) is 0.408. The van der Waals surface area contributed by atoms with Crippen molar-refractivity contribution in [2.24, 2.45) is 0 Å². The molecule has 0 aromatic rings. The third-order valence-corrected chi connectivity index (χ3v) is 1.07. The van der Waals surface area contributed by atoms with E-state index in [1.807, 2.05) is 6.92 Å². The van der Waals surface area contributed by atoms with E-state index in [-0.39, 0.29) is 6.23 Å². The molecule has 9 heavy (non-hydrogen) atoms. The number of aliphatic hydroxyl groups excluding tert-OH is 1. The SMILES string of the molecule is CCC(O)NCCOC. The van der Waals surface area contributed by atoms with Gasteiger partial charge in [-0.2, -0.15) is 0 Å². The van der Waals surface area contributed by atoms with Crippen LogP contribution in [-0.2, 0) is 4.74 Å². The maximum Gasteiger partial charge on any atom is 0.104 e. The Morgan fingerprint density at radius 2 is 2.33 bits per heavy atom. The Hall–Kier alpha value is -0.120. The summed E-state index contributed by atoms with van der Waals surface area (Å²) in [6, 6.07) is 0. The Labute approximate surface area is 56.0 Å². The summed E-state index contributed by atoms with van der Waals surface area (Å²) >= 11 is 0. The van der Waals surface area contributed by atoms with Crippen molar-refractivity contribution >= 4 is 0 Å². The molecule has 3 heteroatoms. The summed E-state index contributed by atoms with van der Waals surface area (Å²) in [7, 11) is 1.64. The lowest BCUT2D eigenvalue weighted by Crippen LogP contribution is -2.30. The van der Waals surface area contributed by atoms with E-state index >= 15 is 0 Å². The fraction of sp³-hybridized carbons (Fsp3) is 1.00. The number of nitrogens with one attached hydrogen (secondary N) is 1. The van der Waals surface area contributed by atoms with Gasteiger partial charge in [0, 0.05) is 13.7 Å². The van der Waals surface area contributed by atoms with Gasteiger partial charge in [-0.25, -0.2) is 0 Å². The van der Waals surface area contributed by atoms with Crippen molar-refractivity contribution in [3.63, 3.8) is 0 Å². The van der Waals surface area contributed by atoms with Crippen LogP contribution in [0.2, 0.25) is 0 Å². The van der Waals surface area contributed by atoms with Crippen molar-refractivity contribution in [3.05, 3.63) is 0 Å². The second-order valence-corrected chi connectivity index (χ2v) is 1.87. The van der Waals surface area contributed by atoms with E-state index in [0.29, 0.717) is 13.2 Å². The maximum atomic E-state index is 8.92. The van der Waals surface area contributed by atoms with Crippen LogP contribution in [0.5, 0.6) is 0 Å². The van der Waals surface area contributed by atoms with Gasteiger partial charge in [-0.1, -0.05) is 6.92 Å². The Balaban J connectivity index is 2.88. The lowest BCUT2D eigenvalue weighted by atomic mass is 10.4. The molecule has 1 atom stereocenters. The number of methoxy groups -OCH3 is 1. The molecule has 0 aliphatic rings. The van der Waals surface area contributed by atoms with Crippen LogP contribution in [0.25, 0.3) is 0 Å². The van der Waals surface area contributed by atoms with E-state index in [2.05, 4.69) is 5.32 Å². The summed E-state index contributed by atoms with van der Waals surface area (Å²) in [6.07, 6.45) is 0.365. The molecular weight excluding hydrogens is 118 g/mol. The van der Waals surface area contributed by atoms with Crippen LogP contribution < -0.4 is 5.32 Å². The Morgan fingerprint density at radius 3 is 2.78 bits per heavy atom. The van der Waals surface area contributed by atoms with Crippen LogP contribution in [0, 0.1) is 0 Å². The summed E-state index contributed by atoms with van der Waals surface area (Å²) in [5.74, 6) is 0. The van der Waals surface area contributed by atoms with Crippen LogP contribution in [0.15, 0.2) is 0 Å². The predicted octanol–water partition coefficient (Wildman–Crippen LogP) is -0.0492. The molecule has 0 amide bonds. The van der Waals surface area contributed by atoms with E-state index in [9.17, 15) is 0 Å². The Morgan fingerprint density at radius 1 is 1.67 bits per heavy atom. The molecule has 0 aromatic carbocycles. The lowest BCUT2D eigenvalue weighted by molar-refractivity contribution is 0.115. The normalized spacial score (nSPS) is 13.7. The largest absolute Gasteiger partial charge is 0.383 e. The number of hydrogen-bond acceptors (Lipinski definition) is 3. The molecule has 0 heterocycles. The van der Waals surface area contributed by atoms with Crippen molar-refractivity contribution < 1.29 is 9.84 Å². The minimum absolute atomic E-state index is 0.375. The first-order chi connectivity index (χ1) is 4.31. The zero-order chi connectivity index (χ0) is 7.11. The lowest BCUT2D eigenvalue weighted by Gasteiger charge is -2.08. The van der Waals surface area contributed by atoms with Gasteiger partial charge in [-0.05, 0) is 6.42 Å². The summed E-state index contributed by atoms with van der Waals surface area (Å²) in [5, 5.41) is 11.8. The summed E-state index contributed by atoms with van der Waals surface area (Å²) in [5.41, 5.74) is 0. The minimum Gasteiger partial charge on any atom is -0.383 e. The third-order valence-electron chi connectivity index (χ3n) is 1.07. The standard InChI is InChI=1S/C6H15NO2/c1-3-6(8)7-4-5-9-2/h6-8H,3-5H2,1-2H3. The van der Waals surface area contributed by atoms with Crippen LogP contribution in [-0.4, -0.2) is 31.6 Å². The van der Waals surface area contributed by atoms with Gasteiger partial charge in [0.25, 0.3) is 0 Å². The second kappa shape index (κ2) is 6.01. The van der Waals surface area contributed by atoms with Gasteiger partial charge >= 0.3 is 0 Å². The number of hydrogen-bond donors (Lipinski definition) is 2. The van der Waals surface area contributed by atoms with Gasteiger partial charge in [0.1, 0.15) is 6.23 Å². The second-order valence-electron chi connectivity index (χ2n) is 1.87. The van der Waals surface area contributed by atoms with Gasteiger partial charge in [-0.3, -0.25) is 5.32 Å². The van der Waals surface area contributed by atoms with E-state index < -0.39 is 0 Å². The highest BCUT2D eigenvalue weighted by molar-refractivity contribution is 4.47. The highest BCUT2D eigenvalue weighted by Gasteiger charge is 1.95. The first-order valence-electron chi connectivity index (χ1n) is 3.21. The topological polar surface area (TPSA) is 41.5 Å². The summed E-state index contributed by atoms with van der Waals surface area (Å²) < 4.78 is 4.76. The zero-order valence-electron chi connectivity index (χ0n) is 6.05. The summed E-state index contributed by atoms with van der Waals surface area (Å²) in [6.45, 7) is 3.28. The van der Waals surface area contributed by atoms with Gasteiger partial charge < -0.3 is 9.84 Å². The van der Waals surface area contributed by atoms with Crippen LogP contribution in [0.4, 0.5) is 0 Å². The predicted molar refractivity (Wildman–Crippen MR) is 36.2 cm³/mol. The van der Waals surface area contributed by atoms with Gasteiger partial charge in [0.15, 0.2) is 0 Å². The Bertz CT molecular complexity index is 59.0. The zero-order valence-corrected chi connectivity index (χ0v) is 6.05. The third kappa shape index (κ3) is 5.76. The molecule has 0 saturated carbocycles. The molecule has 0 aromatic heterocycles. The summed E-state index contributed by atoms with van der Waals surface area (Å²) in [4.78, 5) is 0. The molecule has 0 bridgehead atoms. The van der Waals surface area contributed by atoms with E-state index in [4.69, 9.17) is 9.84 Å². The van der Waals surface area contributed by atoms with Crippen molar-refractivity contribution in [1.29, 1.82) is 0 Å². The minimum atomic E-state index is -0.375. The van der Waals surface area contributed by atoms with Crippen LogP contribution in [0.1, 0.15) is 13.3 Å². The molecule has 56 valence electrons. The molecule has 3 nitrogen and oxygen atoms in total. The molecular formula is C6H15NO2. The molecule has 0 rings (SSSR count). The monoisotopic (exact) mass is 133 g/mol. The Kier molecular flexibility index (Phi) is 5.93. The van der Waals surface area contributed by atoms with E-state index in [1.54, 1.807) is 7.11 Å². The van der Waals surface area contributed by atoms with Gasteiger partial charge in [-0.15, -0.1) is 0 Å². The number of rotatable bonds is 5. The van der Waals surface area contributed by atoms with Crippen molar-refractivity contribution in [2.75, 3.05) is 20.3 Å². The van der Waals surface area contributed by atoms with Gasteiger partial charge in [0.05, 0.1) is 6.61 Å². The number of ether oxygens (including phenoxy) is 1. The van der Waals surface area contributed by atoms with E-state index in [0.717, 1.165) is 6.42 Å². The first kappa shape index (κ1) is 8.88. The molecule has 1 unspecified atom stereocenters. The maximum absolute atomic E-state index is 8.92. The van der Waals surface area contributed by atoms with Gasteiger partial charge in [0.2, 0.25) is 0 Å². The molecule has 0 saturated heterocycles. The molecule has 0 fully saturated rings. The molecule has 0 radical (unpaired) electrons. The first-order valence-corrected chi connectivity index (χ1v) is 3.21. The average molecular weight is 133 g/mol. The fourth-order valence-electron chi connectivity index (χ4n) is 0.472. The van der Waals surface area contributed by atoms with Crippen LogP contribution in [0.3, 0.4) is 0 Å².